The highest BCUT2D eigenvalue weighted by Gasteiger charge is 2.41. The first-order chi connectivity index (χ1) is 13.6. The number of benzene rings is 1. The summed E-state index contributed by atoms with van der Waals surface area (Å²) in [6.45, 7) is 5.21. The first-order valence-corrected chi connectivity index (χ1v) is 9.79. The second-order valence-corrected chi connectivity index (χ2v) is 8.07. The van der Waals surface area contributed by atoms with Crippen LogP contribution >= 0.6 is 0 Å². The first-order valence-electron chi connectivity index (χ1n) is 9.79. The molecule has 1 atom stereocenters. The van der Waals surface area contributed by atoms with Crippen LogP contribution < -0.4 is 4.74 Å². The van der Waals surface area contributed by atoms with E-state index in [0.717, 1.165) is 51.1 Å². The van der Waals surface area contributed by atoms with Gasteiger partial charge in [0, 0.05) is 49.7 Å². The van der Waals surface area contributed by atoms with Gasteiger partial charge < -0.3 is 4.74 Å². The van der Waals surface area contributed by atoms with Gasteiger partial charge in [0.15, 0.2) is 11.6 Å². The summed E-state index contributed by atoms with van der Waals surface area (Å²) in [5, 5.41) is 0. The SMILES string of the molecule is COc1ncc(CN2CCC3(CCCN(Cc4cccc(F)c4F)C3)C2)cn1. The van der Waals surface area contributed by atoms with Gasteiger partial charge in [-0.3, -0.25) is 9.80 Å². The van der Waals surface area contributed by atoms with Gasteiger partial charge in [-0.1, -0.05) is 12.1 Å². The van der Waals surface area contributed by atoms with E-state index in [1.165, 1.54) is 12.5 Å². The number of hydrogen-bond acceptors (Lipinski definition) is 5. The van der Waals surface area contributed by atoms with Gasteiger partial charge in [-0.2, -0.15) is 0 Å². The molecule has 0 radical (unpaired) electrons. The summed E-state index contributed by atoms with van der Waals surface area (Å²) in [6.07, 6.45) is 7.04. The first kappa shape index (κ1) is 19.2. The summed E-state index contributed by atoms with van der Waals surface area (Å²) in [5.74, 6) is -1.48. The van der Waals surface area contributed by atoms with Crippen LogP contribution in [0.25, 0.3) is 0 Å². The molecule has 1 aromatic carbocycles. The molecule has 0 aliphatic carbocycles. The average Bonchev–Trinajstić information content (AvgIpc) is 3.07. The summed E-state index contributed by atoms with van der Waals surface area (Å²) in [6, 6.07) is 4.83. The van der Waals surface area contributed by atoms with Gasteiger partial charge in [0.05, 0.1) is 7.11 Å². The molecule has 1 unspecified atom stereocenters. The Morgan fingerprint density at radius 2 is 1.79 bits per heavy atom. The molecule has 0 N–H and O–H groups in total. The summed E-state index contributed by atoms with van der Waals surface area (Å²) >= 11 is 0. The van der Waals surface area contributed by atoms with Gasteiger partial charge in [0.2, 0.25) is 0 Å². The van der Waals surface area contributed by atoms with E-state index < -0.39 is 11.6 Å². The Morgan fingerprint density at radius 3 is 2.54 bits per heavy atom. The van der Waals surface area contributed by atoms with Gasteiger partial charge in [0.25, 0.3) is 0 Å². The maximum Gasteiger partial charge on any atom is 0.316 e. The van der Waals surface area contributed by atoms with Gasteiger partial charge in [-0.15, -0.1) is 0 Å². The highest BCUT2D eigenvalue weighted by atomic mass is 19.2. The number of hydrogen-bond donors (Lipinski definition) is 0. The topological polar surface area (TPSA) is 41.5 Å². The van der Waals surface area contributed by atoms with Crippen molar-refractivity contribution < 1.29 is 13.5 Å². The zero-order chi connectivity index (χ0) is 19.6. The lowest BCUT2D eigenvalue weighted by molar-refractivity contribution is 0.0856. The molecule has 4 rings (SSSR count). The summed E-state index contributed by atoms with van der Waals surface area (Å²) in [4.78, 5) is 13.1. The van der Waals surface area contributed by atoms with Crippen LogP contribution in [-0.4, -0.2) is 53.1 Å². The van der Waals surface area contributed by atoms with E-state index in [-0.39, 0.29) is 5.41 Å². The predicted molar refractivity (Wildman–Crippen MR) is 102 cm³/mol. The molecule has 7 heteroatoms. The Bertz CT molecular complexity index is 817. The minimum absolute atomic E-state index is 0.232. The number of piperidine rings is 1. The van der Waals surface area contributed by atoms with E-state index in [2.05, 4.69) is 19.8 Å². The minimum atomic E-state index is -0.766. The number of rotatable bonds is 5. The molecule has 0 bridgehead atoms. The fraction of sp³-hybridized carbons (Fsp3) is 0.524. The molecule has 2 fully saturated rings. The van der Waals surface area contributed by atoms with Crippen molar-refractivity contribution in [3.63, 3.8) is 0 Å². The Hall–Kier alpha value is -2.12. The van der Waals surface area contributed by atoms with Crippen molar-refractivity contribution in [3.05, 3.63) is 53.4 Å². The van der Waals surface area contributed by atoms with E-state index in [0.29, 0.717) is 18.1 Å². The summed E-state index contributed by atoms with van der Waals surface area (Å²) < 4.78 is 32.6. The van der Waals surface area contributed by atoms with Gasteiger partial charge in [-0.05, 0) is 43.8 Å². The molecular formula is C21H26F2N4O. The maximum absolute atomic E-state index is 14.1. The van der Waals surface area contributed by atoms with Crippen LogP contribution in [0.3, 0.4) is 0 Å². The van der Waals surface area contributed by atoms with Gasteiger partial charge in [0.1, 0.15) is 0 Å². The minimum Gasteiger partial charge on any atom is -0.467 e. The zero-order valence-corrected chi connectivity index (χ0v) is 16.2. The van der Waals surface area contributed by atoms with Crippen molar-refractivity contribution in [2.45, 2.75) is 32.4 Å². The Kier molecular flexibility index (Phi) is 5.55. The highest BCUT2D eigenvalue weighted by molar-refractivity contribution is 5.19. The molecule has 1 aromatic heterocycles. The molecule has 2 aliphatic heterocycles. The zero-order valence-electron chi connectivity index (χ0n) is 16.2. The Balaban J connectivity index is 1.37. The molecule has 150 valence electrons. The normalized spacial score (nSPS) is 23.4. The predicted octanol–water partition coefficient (Wildman–Crippen LogP) is 3.25. The Labute approximate surface area is 164 Å². The second-order valence-electron chi connectivity index (χ2n) is 8.07. The van der Waals surface area contributed by atoms with Crippen LogP contribution in [0.5, 0.6) is 6.01 Å². The third-order valence-corrected chi connectivity index (χ3v) is 5.95. The molecular weight excluding hydrogens is 362 g/mol. The van der Waals surface area contributed by atoms with E-state index in [9.17, 15) is 8.78 Å². The molecule has 3 heterocycles. The fourth-order valence-electron chi connectivity index (χ4n) is 4.64. The number of likely N-dealkylation sites (tertiary alicyclic amines) is 2. The lowest BCUT2D eigenvalue weighted by Crippen LogP contribution is -2.44. The van der Waals surface area contributed by atoms with Crippen LogP contribution in [-0.2, 0) is 13.1 Å². The van der Waals surface area contributed by atoms with Crippen molar-refractivity contribution in [1.82, 2.24) is 19.8 Å². The van der Waals surface area contributed by atoms with Gasteiger partial charge in [-0.25, -0.2) is 18.7 Å². The molecule has 2 aromatic rings. The monoisotopic (exact) mass is 388 g/mol. The average molecular weight is 388 g/mol. The van der Waals surface area contributed by atoms with Crippen molar-refractivity contribution in [2.24, 2.45) is 5.41 Å². The number of methoxy groups -OCH3 is 1. The summed E-state index contributed by atoms with van der Waals surface area (Å²) in [7, 11) is 1.56. The van der Waals surface area contributed by atoms with E-state index in [4.69, 9.17) is 4.74 Å². The van der Waals surface area contributed by atoms with E-state index in [1.54, 1.807) is 19.2 Å². The maximum atomic E-state index is 14.1. The molecule has 28 heavy (non-hydrogen) atoms. The second kappa shape index (κ2) is 8.09. The Morgan fingerprint density at radius 1 is 1.04 bits per heavy atom. The quantitative estimate of drug-likeness (QED) is 0.787. The molecule has 2 saturated heterocycles. The smallest absolute Gasteiger partial charge is 0.316 e. The van der Waals surface area contributed by atoms with Crippen LogP contribution in [0.1, 0.15) is 30.4 Å². The standard InChI is InChI=1S/C21H26F2N4O/c1-28-20-24-10-16(11-25-20)12-27-9-7-21(15-27)6-3-8-26(14-21)13-17-4-2-5-18(22)19(17)23/h2,4-5,10-11H,3,6-9,12-15H2,1H3. The third kappa shape index (κ3) is 4.15. The summed E-state index contributed by atoms with van der Waals surface area (Å²) in [5.41, 5.74) is 1.75. The number of ether oxygens (including phenoxy) is 1. The molecule has 2 aliphatic rings. The van der Waals surface area contributed by atoms with Crippen molar-refractivity contribution in [3.8, 4) is 6.01 Å². The van der Waals surface area contributed by atoms with Crippen molar-refractivity contribution in [1.29, 1.82) is 0 Å². The van der Waals surface area contributed by atoms with Crippen LogP contribution in [0, 0.1) is 17.0 Å². The van der Waals surface area contributed by atoms with Crippen LogP contribution in [0.15, 0.2) is 30.6 Å². The third-order valence-electron chi connectivity index (χ3n) is 5.95. The van der Waals surface area contributed by atoms with E-state index in [1.807, 2.05) is 12.4 Å². The lowest BCUT2D eigenvalue weighted by atomic mass is 9.79. The van der Waals surface area contributed by atoms with Crippen LogP contribution in [0.2, 0.25) is 0 Å². The van der Waals surface area contributed by atoms with Crippen molar-refractivity contribution >= 4 is 0 Å². The molecule has 5 nitrogen and oxygen atoms in total. The van der Waals surface area contributed by atoms with Crippen molar-refractivity contribution in [2.75, 3.05) is 33.3 Å². The number of nitrogens with zero attached hydrogens (tertiary/aromatic N) is 4. The van der Waals surface area contributed by atoms with Crippen LogP contribution in [0.4, 0.5) is 8.78 Å². The fourth-order valence-corrected chi connectivity index (χ4v) is 4.64. The number of aromatic nitrogens is 2. The molecule has 1 spiro atoms. The number of halogens is 2. The largest absolute Gasteiger partial charge is 0.467 e. The molecule has 0 amide bonds. The van der Waals surface area contributed by atoms with Gasteiger partial charge >= 0.3 is 6.01 Å². The van der Waals surface area contributed by atoms with E-state index >= 15 is 0 Å². The molecule has 0 saturated carbocycles. The highest BCUT2D eigenvalue weighted by Crippen LogP contribution is 2.39. The lowest BCUT2D eigenvalue weighted by Gasteiger charge is -2.40.